The third-order valence-electron chi connectivity index (χ3n) is 2.43. The van der Waals surface area contributed by atoms with E-state index in [0.29, 0.717) is 23.5 Å². The van der Waals surface area contributed by atoms with E-state index in [-0.39, 0.29) is 35.3 Å². The molecule has 0 bridgehead atoms. The van der Waals surface area contributed by atoms with Crippen LogP contribution in [0.1, 0.15) is 23.1 Å². The van der Waals surface area contributed by atoms with Gasteiger partial charge in [0.25, 0.3) is 0 Å². The maximum atomic E-state index is 11.0. The zero-order chi connectivity index (χ0) is 11.7. The molecule has 84 valence electrons. The fourth-order valence-electron chi connectivity index (χ4n) is 1.66. The third-order valence-corrected chi connectivity index (χ3v) is 2.43. The largest absolute Gasteiger partial charge is 1.00 e. The number of carbonyl (C=O) groups is 1. The van der Waals surface area contributed by atoms with Crippen LogP contribution in [0.2, 0.25) is 0 Å². The molecule has 2 aromatic heterocycles. The van der Waals surface area contributed by atoms with Crippen molar-refractivity contribution in [3.05, 3.63) is 29.7 Å². The molecule has 0 spiro atoms. The smallest absolute Gasteiger partial charge is 0.543 e. The number of aromatic nitrogens is 2. The van der Waals surface area contributed by atoms with Gasteiger partial charge >= 0.3 is 29.6 Å². The van der Waals surface area contributed by atoms with Gasteiger partial charge in [-0.25, -0.2) is 4.98 Å². The summed E-state index contributed by atoms with van der Waals surface area (Å²) >= 11 is 0. The van der Waals surface area contributed by atoms with Crippen LogP contribution in [0.5, 0.6) is 5.75 Å². The zero-order valence-corrected chi connectivity index (χ0v) is 12.1. The van der Waals surface area contributed by atoms with Gasteiger partial charge in [0.15, 0.2) is 0 Å². The van der Waals surface area contributed by atoms with Crippen molar-refractivity contribution in [3.63, 3.8) is 0 Å². The molecule has 2 aromatic rings. The number of hydrogen-bond acceptors (Lipinski definition) is 4. The number of aryl methyl sites for hydroxylation is 1. The quantitative estimate of drug-likeness (QED) is 0.548. The summed E-state index contributed by atoms with van der Waals surface area (Å²) in [5.41, 5.74) is 1.18. The van der Waals surface area contributed by atoms with Crippen molar-refractivity contribution < 1.29 is 44.2 Å². The van der Waals surface area contributed by atoms with Gasteiger partial charge in [-0.3, -0.25) is 4.40 Å². The third kappa shape index (κ3) is 2.46. The van der Waals surface area contributed by atoms with Gasteiger partial charge in [0, 0.05) is 12.3 Å². The molecule has 0 saturated carbocycles. The number of nitrogens with zero attached hydrogens (tertiary/aromatic N) is 2. The number of carbonyl (C=O) groups excluding carboxylic acids is 1. The number of aromatic carboxylic acids is 1. The summed E-state index contributed by atoms with van der Waals surface area (Å²) in [4.78, 5) is 15.2. The molecule has 0 N–H and O–H groups in total. The zero-order valence-electron chi connectivity index (χ0n) is 10.1. The van der Waals surface area contributed by atoms with E-state index in [4.69, 9.17) is 4.74 Å². The topological polar surface area (TPSA) is 66.7 Å². The van der Waals surface area contributed by atoms with E-state index in [2.05, 4.69) is 4.98 Å². The Kier molecular flexibility index (Phi) is 4.56. The van der Waals surface area contributed by atoms with Crippen LogP contribution in [0, 0.1) is 0 Å². The average molecular weight is 242 g/mol. The van der Waals surface area contributed by atoms with Crippen LogP contribution in [0.25, 0.3) is 5.65 Å². The van der Waals surface area contributed by atoms with Crippen LogP contribution in [-0.2, 0) is 6.42 Å². The van der Waals surface area contributed by atoms with E-state index in [9.17, 15) is 9.90 Å². The maximum absolute atomic E-state index is 11.0. The summed E-state index contributed by atoms with van der Waals surface area (Å²) in [5.74, 6) is -0.570. The molecule has 0 atom stereocenters. The fraction of sp³-hybridized carbons (Fsp3) is 0.273. The van der Waals surface area contributed by atoms with E-state index >= 15 is 0 Å². The van der Waals surface area contributed by atoms with Gasteiger partial charge in [-0.05, 0) is 12.5 Å². The Morgan fingerprint density at radius 2 is 2.29 bits per heavy atom. The minimum absolute atomic E-state index is 0. The second-order valence-corrected chi connectivity index (χ2v) is 3.34. The Morgan fingerprint density at radius 3 is 2.82 bits per heavy atom. The summed E-state index contributed by atoms with van der Waals surface area (Å²) in [6.45, 7) is 1.85. The SMILES string of the molecule is CCc1nc2cc(OC)ccn2c1C(=O)[O-].[Na+]. The van der Waals surface area contributed by atoms with Crippen molar-refractivity contribution in [1.29, 1.82) is 0 Å². The first-order chi connectivity index (χ1) is 7.67. The van der Waals surface area contributed by atoms with Gasteiger partial charge in [0.2, 0.25) is 0 Å². The first kappa shape index (κ1) is 14.0. The van der Waals surface area contributed by atoms with Crippen LogP contribution in [0.4, 0.5) is 0 Å². The van der Waals surface area contributed by atoms with Crippen molar-refractivity contribution in [2.45, 2.75) is 13.3 Å². The van der Waals surface area contributed by atoms with Gasteiger partial charge < -0.3 is 14.6 Å². The maximum Gasteiger partial charge on any atom is 1.00 e. The second-order valence-electron chi connectivity index (χ2n) is 3.34. The average Bonchev–Trinajstić information content (AvgIpc) is 2.65. The molecule has 0 aliphatic carbocycles. The summed E-state index contributed by atoms with van der Waals surface area (Å²) in [5, 5.41) is 11.0. The number of fused-ring (bicyclic) bond motifs is 1. The van der Waals surface area contributed by atoms with E-state index in [0.717, 1.165) is 0 Å². The molecule has 0 aromatic carbocycles. The fourth-order valence-corrected chi connectivity index (χ4v) is 1.66. The molecule has 0 aliphatic heterocycles. The second kappa shape index (κ2) is 5.53. The molecular formula is C11H11N2NaO3. The molecular weight excluding hydrogens is 231 g/mol. The molecule has 0 aliphatic rings. The van der Waals surface area contributed by atoms with E-state index in [1.807, 2.05) is 6.92 Å². The monoisotopic (exact) mass is 242 g/mol. The van der Waals surface area contributed by atoms with Crippen molar-refractivity contribution in [3.8, 4) is 5.75 Å². The summed E-state index contributed by atoms with van der Waals surface area (Å²) in [7, 11) is 1.55. The molecule has 0 saturated heterocycles. The number of methoxy groups -OCH3 is 1. The Balaban J connectivity index is 0.00000144. The molecule has 0 amide bonds. The molecule has 5 nitrogen and oxygen atoms in total. The first-order valence-corrected chi connectivity index (χ1v) is 4.93. The van der Waals surface area contributed by atoms with Crippen molar-refractivity contribution >= 4 is 11.6 Å². The van der Waals surface area contributed by atoms with E-state index in [1.165, 1.54) is 4.40 Å². The minimum atomic E-state index is -1.21. The number of pyridine rings is 1. The van der Waals surface area contributed by atoms with Crippen LogP contribution in [0.15, 0.2) is 18.3 Å². The van der Waals surface area contributed by atoms with Crippen molar-refractivity contribution in [2.24, 2.45) is 0 Å². The van der Waals surface area contributed by atoms with Gasteiger partial charge in [-0.1, -0.05) is 6.92 Å². The number of carboxylic acids is 1. The van der Waals surface area contributed by atoms with Crippen LogP contribution >= 0.6 is 0 Å². The number of hydrogen-bond donors (Lipinski definition) is 0. The van der Waals surface area contributed by atoms with Crippen molar-refractivity contribution in [2.75, 3.05) is 7.11 Å². The number of ether oxygens (including phenoxy) is 1. The van der Waals surface area contributed by atoms with Gasteiger partial charge in [-0.15, -0.1) is 0 Å². The Bertz CT molecular complexity index is 551. The van der Waals surface area contributed by atoms with E-state index < -0.39 is 5.97 Å². The van der Waals surface area contributed by atoms with E-state index in [1.54, 1.807) is 25.4 Å². The Labute approximate surface area is 121 Å². The summed E-state index contributed by atoms with van der Waals surface area (Å²) in [6, 6.07) is 3.37. The molecule has 2 heterocycles. The molecule has 2 rings (SSSR count). The Hall–Kier alpha value is -1.04. The van der Waals surface area contributed by atoms with Gasteiger partial charge in [0.05, 0.1) is 24.5 Å². The predicted octanol–water partition coefficient (Wildman–Crippen LogP) is -2.73. The minimum Gasteiger partial charge on any atom is -0.543 e. The standard InChI is InChI=1S/C11H12N2O3.Na/c1-3-8-10(11(14)15)13-5-4-7(16-2)6-9(13)12-8;/h4-6H,3H2,1-2H3,(H,14,15);/q;+1/p-1. The molecule has 6 heteroatoms. The summed E-state index contributed by atoms with van der Waals surface area (Å²) in [6.07, 6.45) is 2.17. The van der Waals surface area contributed by atoms with Crippen molar-refractivity contribution in [1.82, 2.24) is 9.38 Å². The van der Waals surface area contributed by atoms with Crippen LogP contribution < -0.4 is 39.4 Å². The predicted molar refractivity (Wildman–Crippen MR) is 55.5 cm³/mol. The van der Waals surface area contributed by atoms with Gasteiger partial charge in [0.1, 0.15) is 11.4 Å². The van der Waals surface area contributed by atoms with Crippen LogP contribution in [0.3, 0.4) is 0 Å². The Morgan fingerprint density at radius 1 is 1.59 bits per heavy atom. The number of carboxylic acid groups (broad SMARTS) is 1. The van der Waals surface area contributed by atoms with Crippen LogP contribution in [-0.4, -0.2) is 22.5 Å². The first-order valence-electron chi connectivity index (χ1n) is 4.93. The summed E-state index contributed by atoms with van der Waals surface area (Å²) < 4.78 is 6.55. The normalized spacial score (nSPS) is 10.0. The molecule has 0 unspecified atom stereocenters. The number of imidazole rings is 1. The van der Waals surface area contributed by atoms with Gasteiger partial charge in [-0.2, -0.15) is 0 Å². The molecule has 0 fully saturated rings. The number of rotatable bonds is 3. The molecule has 17 heavy (non-hydrogen) atoms. The molecule has 0 radical (unpaired) electrons.